The standard InChI is InChI=1S/C21H24BrN3O3S/c1-3-4-5-9-19(26)23-15-7-6-8-16(13-15)24-21(29)25-20(27)17-12-14(22)10-11-18(17)28-2/h6-8,10-13H,3-5,9H2,1-2H3,(H,23,26)(H2,24,25,27,29). The second-order valence-corrected chi connectivity index (χ2v) is 7.66. The summed E-state index contributed by atoms with van der Waals surface area (Å²) in [5.41, 5.74) is 1.68. The van der Waals surface area contributed by atoms with Gasteiger partial charge >= 0.3 is 0 Å². The van der Waals surface area contributed by atoms with E-state index in [1.54, 1.807) is 42.5 Å². The number of carbonyl (C=O) groups excluding carboxylic acids is 2. The van der Waals surface area contributed by atoms with Crippen molar-refractivity contribution >= 4 is 56.4 Å². The van der Waals surface area contributed by atoms with Gasteiger partial charge in [0.1, 0.15) is 5.75 Å². The lowest BCUT2D eigenvalue weighted by molar-refractivity contribution is -0.116. The zero-order valence-electron chi connectivity index (χ0n) is 16.4. The molecule has 2 aromatic carbocycles. The average molecular weight is 478 g/mol. The predicted octanol–water partition coefficient (Wildman–Crippen LogP) is 5.10. The number of thiocarbonyl (C=S) groups is 1. The predicted molar refractivity (Wildman–Crippen MR) is 124 cm³/mol. The molecule has 0 unspecified atom stereocenters. The highest BCUT2D eigenvalue weighted by atomic mass is 79.9. The highest BCUT2D eigenvalue weighted by molar-refractivity contribution is 9.10. The smallest absolute Gasteiger partial charge is 0.261 e. The van der Waals surface area contributed by atoms with E-state index >= 15 is 0 Å². The number of rotatable bonds is 8. The topological polar surface area (TPSA) is 79.5 Å². The van der Waals surface area contributed by atoms with Gasteiger partial charge in [-0.3, -0.25) is 14.9 Å². The molecule has 8 heteroatoms. The molecule has 0 aliphatic rings. The quantitative estimate of drug-likeness (QED) is 0.363. The molecule has 6 nitrogen and oxygen atoms in total. The van der Waals surface area contributed by atoms with Crippen molar-refractivity contribution in [1.29, 1.82) is 0 Å². The lowest BCUT2D eigenvalue weighted by atomic mass is 10.2. The lowest BCUT2D eigenvalue weighted by Gasteiger charge is -2.13. The average Bonchev–Trinajstić information content (AvgIpc) is 2.68. The molecule has 0 fully saturated rings. The Labute approximate surface area is 184 Å². The molecule has 0 aromatic heterocycles. The van der Waals surface area contributed by atoms with Crippen molar-refractivity contribution in [3.05, 3.63) is 52.5 Å². The number of anilines is 2. The number of unbranched alkanes of at least 4 members (excludes halogenated alkanes) is 2. The largest absolute Gasteiger partial charge is 0.496 e. The number of benzene rings is 2. The Balaban J connectivity index is 1.96. The van der Waals surface area contributed by atoms with Crippen LogP contribution in [0.25, 0.3) is 0 Å². The first-order valence-corrected chi connectivity index (χ1v) is 10.5. The normalized spacial score (nSPS) is 10.2. The fraction of sp³-hybridized carbons (Fsp3) is 0.286. The van der Waals surface area contributed by atoms with Crippen LogP contribution >= 0.6 is 28.1 Å². The second kappa shape index (κ2) is 11.5. The van der Waals surface area contributed by atoms with E-state index in [0.717, 1.165) is 23.7 Å². The molecule has 2 aromatic rings. The molecule has 0 bridgehead atoms. The third kappa shape index (κ3) is 7.47. The van der Waals surface area contributed by atoms with Crippen LogP contribution in [0, 0.1) is 0 Å². The van der Waals surface area contributed by atoms with Gasteiger partial charge in [-0.1, -0.05) is 41.8 Å². The summed E-state index contributed by atoms with van der Waals surface area (Å²) in [4.78, 5) is 24.5. The van der Waals surface area contributed by atoms with E-state index in [0.29, 0.717) is 29.1 Å². The SMILES string of the molecule is CCCCCC(=O)Nc1cccc(NC(=S)NC(=O)c2cc(Br)ccc2OC)c1. The first-order chi connectivity index (χ1) is 13.9. The van der Waals surface area contributed by atoms with E-state index in [2.05, 4.69) is 38.8 Å². The van der Waals surface area contributed by atoms with E-state index in [1.165, 1.54) is 7.11 Å². The van der Waals surface area contributed by atoms with Gasteiger partial charge in [0.15, 0.2) is 5.11 Å². The minimum Gasteiger partial charge on any atom is -0.496 e. The second-order valence-electron chi connectivity index (χ2n) is 6.34. The number of methoxy groups -OCH3 is 1. The van der Waals surface area contributed by atoms with Gasteiger partial charge in [0.25, 0.3) is 5.91 Å². The minimum atomic E-state index is -0.388. The summed E-state index contributed by atoms with van der Waals surface area (Å²) in [6, 6.07) is 12.3. The number of nitrogens with one attached hydrogen (secondary N) is 3. The van der Waals surface area contributed by atoms with Gasteiger partial charge in [-0.2, -0.15) is 0 Å². The maximum atomic E-state index is 12.5. The number of hydrogen-bond donors (Lipinski definition) is 3. The Morgan fingerprint density at radius 3 is 2.48 bits per heavy atom. The Bertz CT molecular complexity index is 889. The minimum absolute atomic E-state index is 0.0202. The van der Waals surface area contributed by atoms with Crippen LogP contribution < -0.4 is 20.7 Å². The van der Waals surface area contributed by atoms with Gasteiger partial charge in [0.05, 0.1) is 12.7 Å². The van der Waals surface area contributed by atoms with Crippen LogP contribution in [0.1, 0.15) is 43.0 Å². The Morgan fingerprint density at radius 1 is 1.07 bits per heavy atom. The highest BCUT2D eigenvalue weighted by Gasteiger charge is 2.14. The van der Waals surface area contributed by atoms with Crippen molar-refractivity contribution in [2.24, 2.45) is 0 Å². The van der Waals surface area contributed by atoms with E-state index in [4.69, 9.17) is 17.0 Å². The molecular weight excluding hydrogens is 454 g/mol. The summed E-state index contributed by atoms with van der Waals surface area (Å²) >= 11 is 8.59. The maximum Gasteiger partial charge on any atom is 0.261 e. The summed E-state index contributed by atoms with van der Waals surface area (Å²) in [6.45, 7) is 2.10. The van der Waals surface area contributed by atoms with Gasteiger partial charge in [0.2, 0.25) is 5.91 Å². The molecule has 2 rings (SSSR count). The molecule has 0 spiro atoms. The Kier molecular flexibility index (Phi) is 9.08. The molecule has 0 saturated heterocycles. The first kappa shape index (κ1) is 22.8. The molecule has 154 valence electrons. The summed E-state index contributed by atoms with van der Waals surface area (Å²) in [7, 11) is 1.50. The monoisotopic (exact) mass is 477 g/mol. The van der Waals surface area contributed by atoms with E-state index in [1.807, 2.05) is 0 Å². The fourth-order valence-electron chi connectivity index (χ4n) is 2.62. The highest BCUT2D eigenvalue weighted by Crippen LogP contribution is 2.23. The van der Waals surface area contributed by atoms with Crippen molar-refractivity contribution in [2.75, 3.05) is 17.7 Å². The number of hydrogen-bond acceptors (Lipinski definition) is 4. The number of ether oxygens (including phenoxy) is 1. The number of carbonyl (C=O) groups is 2. The molecule has 0 atom stereocenters. The van der Waals surface area contributed by atoms with E-state index in [-0.39, 0.29) is 16.9 Å². The first-order valence-electron chi connectivity index (χ1n) is 9.28. The van der Waals surface area contributed by atoms with Gasteiger partial charge in [-0.15, -0.1) is 0 Å². The lowest BCUT2D eigenvalue weighted by Crippen LogP contribution is -2.34. The molecule has 0 saturated carbocycles. The Morgan fingerprint density at radius 2 is 1.79 bits per heavy atom. The van der Waals surface area contributed by atoms with Gasteiger partial charge < -0.3 is 15.4 Å². The van der Waals surface area contributed by atoms with Gasteiger partial charge in [-0.25, -0.2) is 0 Å². The number of halogens is 1. The van der Waals surface area contributed by atoms with Crippen LogP contribution in [0.3, 0.4) is 0 Å². The third-order valence-electron chi connectivity index (χ3n) is 4.04. The van der Waals surface area contributed by atoms with E-state index < -0.39 is 0 Å². The van der Waals surface area contributed by atoms with Crippen molar-refractivity contribution in [2.45, 2.75) is 32.6 Å². The van der Waals surface area contributed by atoms with Crippen LogP contribution in [0.4, 0.5) is 11.4 Å². The molecule has 29 heavy (non-hydrogen) atoms. The summed E-state index contributed by atoms with van der Waals surface area (Å²) in [5.74, 6) is 0.0375. The van der Waals surface area contributed by atoms with Crippen LogP contribution in [0.15, 0.2) is 46.9 Å². The summed E-state index contributed by atoms with van der Waals surface area (Å²) in [5, 5.41) is 8.60. The van der Waals surface area contributed by atoms with Crippen LogP contribution in [-0.2, 0) is 4.79 Å². The van der Waals surface area contributed by atoms with Gasteiger partial charge in [-0.05, 0) is 55.0 Å². The van der Waals surface area contributed by atoms with Crippen LogP contribution in [-0.4, -0.2) is 24.0 Å². The Hall–Kier alpha value is -2.45. The van der Waals surface area contributed by atoms with Crippen LogP contribution in [0.2, 0.25) is 0 Å². The molecule has 2 amide bonds. The van der Waals surface area contributed by atoms with E-state index in [9.17, 15) is 9.59 Å². The summed E-state index contributed by atoms with van der Waals surface area (Å²) < 4.78 is 5.98. The number of amides is 2. The molecule has 3 N–H and O–H groups in total. The van der Waals surface area contributed by atoms with Gasteiger partial charge in [0, 0.05) is 22.3 Å². The molecule has 0 aliphatic heterocycles. The van der Waals surface area contributed by atoms with Crippen molar-refractivity contribution < 1.29 is 14.3 Å². The zero-order valence-corrected chi connectivity index (χ0v) is 18.8. The van der Waals surface area contributed by atoms with Crippen molar-refractivity contribution in [3.8, 4) is 5.75 Å². The fourth-order valence-corrected chi connectivity index (χ4v) is 3.20. The molecule has 0 radical (unpaired) electrons. The third-order valence-corrected chi connectivity index (χ3v) is 4.74. The molecule has 0 aliphatic carbocycles. The molecular formula is C21H24BrN3O3S. The zero-order chi connectivity index (χ0) is 21.2. The van der Waals surface area contributed by atoms with Crippen molar-refractivity contribution in [1.82, 2.24) is 5.32 Å². The summed E-state index contributed by atoms with van der Waals surface area (Å²) in [6.07, 6.45) is 3.47. The van der Waals surface area contributed by atoms with Crippen LogP contribution in [0.5, 0.6) is 5.75 Å². The maximum absolute atomic E-state index is 12.5. The van der Waals surface area contributed by atoms with Crippen molar-refractivity contribution in [3.63, 3.8) is 0 Å². The molecule has 0 heterocycles.